The Labute approximate surface area is 103 Å². The summed E-state index contributed by atoms with van der Waals surface area (Å²) in [5, 5.41) is 11.8. The normalized spacial score (nSPS) is 22.9. The zero-order valence-electron chi connectivity index (χ0n) is 11.1. The highest BCUT2D eigenvalue weighted by molar-refractivity contribution is 4.93. The second kappa shape index (κ2) is 5.60. The standard InChI is InChI=1S/C12H23N5/c1-10(2)12-9-17(6-4-5-13-12)8-11-7-16(3)15-14-11/h7,10,12-13H,4-6,8-9H2,1-3H3. The molecule has 1 unspecified atom stereocenters. The minimum atomic E-state index is 0.592. The van der Waals surface area contributed by atoms with Gasteiger partial charge in [0.25, 0.3) is 0 Å². The second-order valence-electron chi connectivity index (χ2n) is 5.28. The molecule has 1 aliphatic heterocycles. The molecular formula is C12H23N5. The fourth-order valence-electron chi connectivity index (χ4n) is 2.31. The average Bonchev–Trinajstić information content (AvgIpc) is 2.54. The van der Waals surface area contributed by atoms with Gasteiger partial charge in [-0.15, -0.1) is 5.10 Å². The Balaban J connectivity index is 1.94. The van der Waals surface area contributed by atoms with E-state index in [0.717, 1.165) is 31.9 Å². The predicted molar refractivity (Wildman–Crippen MR) is 67.5 cm³/mol. The highest BCUT2D eigenvalue weighted by Crippen LogP contribution is 2.10. The number of aromatic nitrogens is 3. The van der Waals surface area contributed by atoms with Gasteiger partial charge >= 0.3 is 0 Å². The summed E-state index contributed by atoms with van der Waals surface area (Å²) in [5.41, 5.74) is 1.07. The van der Waals surface area contributed by atoms with Gasteiger partial charge in [-0.3, -0.25) is 9.58 Å². The van der Waals surface area contributed by atoms with E-state index in [1.807, 2.05) is 13.2 Å². The van der Waals surface area contributed by atoms with Crippen LogP contribution < -0.4 is 5.32 Å². The number of aryl methyl sites for hydroxylation is 1. The van der Waals surface area contributed by atoms with E-state index in [4.69, 9.17) is 0 Å². The summed E-state index contributed by atoms with van der Waals surface area (Å²) in [6.45, 7) is 8.85. The number of nitrogens with one attached hydrogen (secondary N) is 1. The zero-order chi connectivity index (χ0) is 12.3. The first-order valence-corrected chi connectivity index (χ1v) is 6.46. The molecule has 0 saturated carbocycles. The Morgan fingerprint density at radius 1 is 1.53 bits per heavy atom. The zero-order valence-corrected chi connectivity index (χ0v) is 11.1. The molecule has 1 aromatic rings. The van der Waals surface area contributed by atoms with Crippen molar-refractivity contribution in [2.75, 3.05) is 19.6 Å². The molecule has 2 rings (SSSR count). The Morgan fingerprint density at radius 2 is 2.35 bits per heavy atom. The molecule has 0 radical (unpaired) electrons. The Morgan fingerprint density at radius 3 is 3.00 bits per heavy atom. The molecule has 5 nitrogen and oxygen atoms in total. The summed E-state index contributed by atoms with van der Waals surface area (Å²) in [5.74, 6) is 0.678. The molecule has 0 spiro atoms. The number of nitrogens with zero attached hydrogens (tertiary/aromatic N) is 4. The van der Waals surface area contributed by atoms with Crippen molar-refractivity contribution >= 4 is 0 Å². The summed E-state index contributed by atoms with van der Waals surface area (Å²) < 4.78 is 1.77. The van der Waals surface area contributed by atoms with Crippen LogP contribution in [0.25, 0.3) is 0 Å². The van der Waals surface area contributed by atoms with Crippen LogP contribution in [0, 0.1) is 5.92 Å². The molecule has 1 aromatic heterocycles. The first-order valence-electron chi connectivity index (χ1n) is 6.46. The van der Waals surface area contributed by atoms with E-state index in [1.165, 1.54) is 6.42 Å². The van der Waals surface area contributed by atoms with Crippen LogP contribution in [0.5, 0.6) is 0 Å². The van der Waals surface area contributed by atoms with Crippen LogP contribution in [0.4, 0.5) is 0 Å². The summed E-state index contributed by atoms with van der Waals surface area (Å²) in [7, 11) is 1.91. The van der Waals surface area contributed by atoms with Gasteiger partial charge in [-0.2, -0.15) is 0 Å². The van der Waals surface area contributed by atoms with Gasteiger partial charge in [0.1, 0.15) is 0 Å². The smallest absolute Gasteiger partial charge is 0.0967 e. The van der Waals surface area contributed by atoms with Crippen LogP contribution in [-0.2, 0) is 13.6 Å². The molecular weight excluding hydrogens is 214 g/mol. The maximum Gasteiger partial charge on any atom is 0.0967 e. The molecule has 1 N–H and O–H groups in total. The lowest BCUT2D eigenvalue weighted by molar-refractivity contribution is 0.236. The highest BCUT2D eigenvalue weighted by Gasteiger charge is 2.20. The molecule has 0 amide bonds. The summed E-state index contributed by atoms with van der Waals surface area (Å²) in [4.78, 5) is 2.48. The minimum absolute atomic E-state index is 0.592. The van der Waals surface area contributed by atoms with Gasteiger partial charge < -0.3 is 5.32 Å². The van der Waals surface area contributed by atoms with Gasteiger partial charge in [0.15, 0.2) is 0 Å². The van der Waals surface area contributed by atoms with Gasteiger partial charge in [0.05, 0.1) is 5.69 Å². The van der Waals surface area contributed by atoms with Gasteiger partial charge in [0.2, 0.25) is 0 Å². The number of hydrogen-bond donors (Lipinski definition) is 1. The predicted octanol–water partition coefficient (Wildman–Crippen LogP) is 0.635. The van der Waals surface area contributed by atoms with Gasteiger partial charge in [-0.05, 0) is 25.4 Å². The van der Waals surface area contributed by atoms with E-state index in [1.54, 1.807) is 4.68 Å². The molecule has 1 saturated heterocycles. The van der Waals surface area contributed by atoms with Crippen molar-refractivity contribution in [2.24, 2.45) is 13.0 Å². The molecule has 17 heavy (non-hydrogen) atoms. The lowest BCUT2D eigenvalue weighted by atomic mass is 10.0. The quantitative estimate of drug-likeness (QED) is 0.838. The Kier molecular flexibility index (Phi) is 4.12. The number of hydrogen-bond acceptors (Lipinski definition) is 4. The fraction of sp³-hybridized carbons (Fsp3) is 0.833. The first kappa shape index (κ1) is 12.5. The monoisotopic (exact) mass is 237 g/mol. The van der Waals surface area contributed by atoms with Crippen molar-refractivity contribution < 1.29 is 0 Å². The van der Waals surface area contributed by atoms with Gasteiger partial charge in [-0.1, -0.05) is 19.1 Å². The van der Waals surface area contributed by atoms with Crippen molar-refractivity contribution in [3.63, 3.8) is 0 Å². The van der Waals surface area contributed by atoms with Crippen molar-refractivity contribution in [2.45, 2.75) is 32.9 Å². The molecule has 5 heteroatoms. The molecule has 2 heterocycles. The van der Waals surface area contributed by atoms with Crippen molar-refractivity contribution in [1.82, 2.24) is 25.2 Å². The lowest BCUT2D eigenvalue weighted by Gasteiger charge is -2.25. The van der Waals surface area contributed by atoms with E-state index >= 15 is 0 Å². The van der Waals surface area contributed by atoms with E-state index in [0.29, 0.717) is 12.0 Å². The molecule has 1 aliphatic rings. The van der Waals surface area contributed by atoms with E-state index < -0.39 is 0 Å². The third kappa shape index (κ3) is 3.51. The number of rotatable bonds is 3. The molecule has 1 atom stereocenters. The molecule has 0 aromatic carbocycles. The van der Waals surface area contributed by atoms with Crippen molar-refractivity contribution in [3.8, 4) is 0 Å². The van der Waals surface area contributed by atoms with Crippen molar-refractivity contribution in [3.05, 3.63) is 11.9 Å². The van der Waals surface area contributed by atoms with E-state index in [9.17, 15) is 0 Å². The third-order valence-corrected chi connectivity index (χ3v) is 3.35. The van der Waals surface area contributed by atoms with Crippen LogP contribution in [0.2, 0.25) is 0 Å². The first-order chi connectivity index (χ1) is 8.15. The van der Waals surface area contributed by atoms with Gasteiger partial charge in [-0.25, -0.2) is 0 Å². The molecule has 1 fully saturated rings. The molecule has 96 valence electrons. The van der Waals surface area contributed by atoms with Crippen LogP contribution in [0.1, 0.15) is 26.0 Å². The maximum atomic E-state index is 4.16. The largest absolute Gasteiger partial charge is 0.312 e. The average molecular weight is 237 g/mol. The van der Waals surface area contributed by atoms with Crippen LogP contribution in [0.3, 0.4) is 0 Å². The fourth-order valence-corrected chi connectivity index (χ4v) is 2.31. The van der Waals surface area contributed by atoms with Crippen LogP contribution >= 0.6 is 0 Å². The summed E-state index contributed by atoms with van der Waals surface area (Å²) in [6, 6.07) is 0.592. The molecule has 0 bridgehead atoms. The Bertz CT molecular complexity index is 346. The summed E-state index contributed by atoms with van der Waals surface area (Å²) in [6.07, 6.45) is 3.21. The second-order valence-corrected chi connectivity index (χ2v) is 5.28. The SMILES string of the molecule is CC(C)C1CN(Cc2cn(C)nn2)CCCN1. The topological polar surface area (TPSA) is 46.0 Å². The van der Waals surface area contributed by atoms with Crippen LogP contribution in [0.15, 0.2) is 6.20 Å². The van der Waals surface area contributed by atoms with Crippen molar-refractivity contribution in [1.29, 1.82) is 0 Å². The summed E-state index contributed by atoms with van der Waals surface area (Å²) >= 11 is 0. The molecule has 0 aliphatic carbocycles. The van der Waals surface area contributed by atoms with E-state index in [-0.39, 0.29) is 0 Å². The van der Waals surface area contributed by atoms with Gasteiger partial charge in [0, 0.05) is 32.4 Å². The van der Waals surface area contributed by atoms with Crippen LogP contribution in [-0.4, -0.2) is 45.6 Å². The third-order valence-electron chi connectivity index (χ3n) is 3.35. The Hall–Kier alpha value is -0.940. The lowest BCUT2D eigenvalue weighted by Crippen LogP contribution is -2.41. The minimum Gasteiger partial charge on any atom is -0.312 e. The van der Waals surface area contributed by atoms with E-state index in [2.05, 4.69) is 34.4 Å². The maximum absolute atomic E-state index is 4.16. The highest BCUT2D eigenvalue weighted by atomic mass is 15.4.